The third-order valence-corrected chi connectivity index (χ3v) is 2.67. The lowest BCUT2D eigenvalue weighted by atomic mass is 9.89. The number of rotatable bonds is 2. The van der Waals surface area contributed by atoms with Crippen molar-refractivity contribution in [3.05, 3.63) is 18.5 Å². The van der Waals surface area contributed by atoms with Gasteiger partial charge in [0.1, 0.15) is 0 Å². The molecule has 1 heterocycles. The molecule has 0 aromatic carbocycles. The van der Waals surface area contributed by atoms with Gasteiger partial charge in [0, 0.05) is 12.4 Å². The highest BCUT2D eigenvalue weighted by Gasteiger charge is 2.23. The van der Waals surface area contributed by atoms with E-state index >= 15 is 0 Å². The predicted molar refractivity (Wildman–Crippen MR) is 54.2 cm³/mol. The van der Waals surface area contributed by atoms with Crippen LogP contribution in [0.25, 0.3) is 0 Å². The Labute approximate surface area is 88.7 Å². The van der Waals surface area contributed by atoms with Crippen LogP contribution in [0.4, 0.5) is 0 Å². The van der Waals surface area contributed by atoms with Gasteiger partial charge in [-0.3, -0.25) is 4.79 Å². The van der Waals surface area contributed by atoms with E-state index in [2.05, 4.69) is 9.97 Å². The number of hydrogen-bond donors (Lipinski definition) is 0. The van der Waals surface area contributed by atoms with Crippen molar-refractivity contribution >= 4 is 5.97 Å². The van der Waals surface area contributed by atoms with Crippen molar-refractivity contribution in [3.8, 4) is 6.01 Å². The van der Waals surface area contributed by atoms with Crippen molar-refractivity contribution < 1.29 is 9.53 Å². The number of carbonyl (C=O) groups is 1. The summed E-state index contributed by atoms with van der Waals surface area (Å²) >= 11 is 0. The van der Waals surface area contributed by atoms with Gasteiger partial charge in [0.15, 0.2) is 0 Å². The Balaban J connectivity index is 1.91. The monoisotopic (exact) mass is 206 g/mol. The van der Waals surface area contributed by atoms with Crippen LogP contribution < -0.4 is 4.74 Å². The summed E-state index contributed by atoms with van der Waals surface area (Å²) in [4.78, 5) is 19.4. The second-order valence-electron chi connectivity index (χ2n) is 3.79. The fourth-order valence-corrected chi connectivity index (χ4v) is 1.85. The first-order valence-electron chi connectivity index (χ1n) is 5.35. The quantitative estimate of drug-likeness (QED) is 0.694. The summed E-state index contributed by atoms with van der Waals surface area (Å²) in [7, 11) is 0. The molecule has 0 radical (unpaired) electrons. The Bertz CT molecular complexity index is 321. The van der Waals surface area contributed by atoms with Gasteiger partial charge in [-0.15, -0.1) is 0 Å². The van der Waals surface area contributed by atoms with Gasteiger partial charge < -0.3 is 4.74 Å². The minimum atomic E-state index is -0.180. The van der Waals surface area contributed by atoms with Gasteiger partial charge in [0.25, 0.3) is 0 Å². The molecule has 0 unspecified atom stereocenters. The predicted octanol–water partition coefficient (Wildman–Crippen LogP) is 1.96. The summed E-state index contributed by atoms with van der Waals surface area (Å²) in [5.74, 6) is -0.136. The van der Waals surface area contributed by atoms with Crippen LogP contribution >= 0.6 is 0 Å². The summed E-state index contributed by atoms with van der Waals surface area (Å²) in [6.45, 7) is 0. The molecule has 80 valence electrons. The molecule has 0 amide bonds. The van der Waals surface area contributed by atoms with E-state index in [0.717, 1.165) is 25.7 Å². The Morgan fingerprint density at radius 3 is 2.53 bits per heavy atom. The summed E-state index contributed by atoms with van der Waals surface area (Å²) in [5, 5.41) is 0. The number of nitrogens with zero attached hydrogens (tertiary/aromatic N) is 2. The molecular formula is C11H14N2O2. The van der Waals surface area contributed by atoms with Gasteiger partial charge in [-0.25, -0.2) is 9.97 Å². The molecule has 1 saturated carbocycles. The molecular weight excluding hydrogens is 192 g/mol. The number of esters is 1. The zero-order valence-electron chi connectivity index (χ0n) is 8.56. The molecule has 15 heavy (non-hydrogen) atoms. The van der Waals surface area contributed by atoms with E-state index in [0.29, 0.717) is 0 Å². The minimum Gasteiger partial charge on any atom is -0.391 e. The van der Waals surface area contributed by atoms with Crippen LogP contribution in [0.5, 0.6) is 6.01 Å². The van der Waals surface area contributed by atoms with E-state index in [4.69, 9.17) is 4.74 Å². The van der Waals surface area contributed by atoms with E-state index < -0.39 is 0 Å². The van der Waals surface area contributed by atoms with E-state index in [1.54, 1.807) is 18.5 Å². The maximum absolute atomic E-state index is 11.7. The first-order valence-corrected chi connectivity index (χ1v) is 5.35. The third kappa shape index (κ3) is 2.75. The van der Waals surface area contributed by atoms with Crippen LogP contribution in [0.3, 0.4) is 0 Å². The van der Waals surface area contributed by atoms with Crippen LogP contribution in [0.2, 0.25) is 0 Å². The second-order valence-corrected chi connectivity index (χ2v) is 3.79. The van der Waals surface area contributed by atoms with Gasteiger partial charge >= 0.3 is 12.0 Å². The Kier molecular flexibility index (Phi) is 3.27. The molecule has 0 bridgehead atoms. The Morgan fingerprint density at radius 1 is 1.20 bits per heavy atom. The SMILES string of the molecule is O=C(Oc1ncccn1)C1CCCCC1. The number of hydrogen-bond acceptors (Lipinski definition) is 4. The lowest BCUT2D eigenvalue weighted by Crippen LogP contribution is -2.23. The first-order chi connectivity index (χ1) is 7.36. The van der Waals surface area contributed by atoms with Crippen LogP contribution in [-0.4, -0.2) is 15.9 Å². The average Bonchev–Trinajstić information content (AvgIpc) is 2.31. The molecule has 4 heteroatoms. The molecule has 0 atom stereocenters. The summed E-state index contributed by atoms with van der Waals surface area (Å²) in [5.41, 5.74) is 0. The molecule has 1 aromatic heterocycles. The molecule has 0 aliphatic heterocycles. The lowest BCUT2D eigenvalue weighted by molar-refractivity contribution is -0.140. The van der Waals surface area contributed by atoms with Crippen LogP contribution in [0, 0.1) is 5.92 Å². The highest BCUT2D eigenvalue weighted by molar-refractivity contribution is 5.74. The second kappa shape index (κ2) is 4.87. The number of ether oxygens (including phenoxy) is 1. The summed E-state index contributed by atoms with van der Waals surface area (Å²) in [6, 6.07) is 1.85. The standard InChI is InChI=1S/C11H14N2O2/c14-10(9-5-2-1-3-6-9)15-11-12-7-4-8-13-11/h4,7-9H,1-3,5-6H2. The molecule has 1 aliphatic rings. The van der Waals surface area contributed by atoms with Crippen molar-refractivity contribution in [1.29, 1.82) is 0 Å². The molecule has 0 N–H and O–H groups in total. The van der Waals surface area contributed by atoms with Crippen molar-refractivity contribution in [2.24, 2.45) is 5.92 Å². The largest absolute Gasteiger partial charge is 0.391 e. The van der Waals surface area contributed by atoms with E-state index in [-0.39, 0.29) is 17.9 Å². The number of carbonyl (C=O) groups excluding carboxylic acids is 1. The normalized spacial score (nSPS) is 17.3. The van der Waals surface area contributed by atoms with Crippen molar-refractivity contribution in [2.75, 3.05) is 0 Å². The molecule has 1 aliphatic carbocycles. The fourth-order valence-electron chi connectivity index (χ4n) is 1.85. The highest BCUT2D eigenvalue weighted by Crippen LogP contribution is 2.24. The van der Waals surface area contributed by atoms with Gasteiger partial charge in [-0.05, 0) is 18.9 Å². The zero-order valence-corrected chi connectivity index (χ0v) is 8.56. The third-order valence-electron chi connectivity index (χ3n) is 2.67. The topological polar surface area (TPSA) is 52.1 Å². The molecule has 4 nitrogen and oxygen atoms in total. The highest BCUT2D eigenvalue weighted by atomic mass is 16.5. The zero-order chi connectivity index (χ0) is 10.5. The van der Waals surface area contributed by atoms with Crippen LogP contribution in [-0.2, 0) is 4.79 Å². The maximum atomic E-state index is 11.7. The van der Waals surface area contributed by atoms with E-state index in [1.807, 2.05) is 0 Å². The van der Waals surface area contributed by atoms with Crippen LogP contribution in [0.1, 0.15) is 32.1 Å². The van der Waals surface area contributed by atoms with Crippen LogP contribution in [0.15, 0.2) is 18.5 Å². The van der Waals surface area contributed by atoms with E-state index in [9.17, 15) is 4.79 Å². The van der Waals surface area contributed by atoms with Gasteiger partial charge in [-0.2, -0.15) is 0 Å². The molecule has 2 rings (SSSR count). The van der Waals surface area contributed by atoms with Gasteiger partial charge in [-0.1, -0.05) is 19.3 Å². The van der Waals surface area contributed by atoms with Crippen molar-refractivity contribution in [3.63, 3.8) is 0 Å². The first kappa shape index (κ1) is 10.1. The Hall–Kier alpha value is -1.45. The van der Waals surface area contributed by atoms with Gasteiger partial charge in [0.2, 0.25) is 0 Å². The summed E-state index contributed by atoms with van der Waals surface area (Å²) in [6.07, 6.45) is 8.47. The van der Waals surface area contributed by atoms with E-state index in [1.165, 1.54) is 6.42 Å². The lowest BCUT2D eigenvalue weighted by Gasteiger charge is -2.18. The molecule has 0 saturated heterocycles. The Morgan fingerprint density at radius 2 is 1.87 bits per heavy atom. The minimum absolute atomic E-state index is 0.0440. The number of aromatic nitrogens is 2. The fraction of sp³-hybridized carbons (Fsp3) is 0.545. The van der Waals surface area contributed by atoms with Crippen molar-refractivity contribution in [2.45, 2.75) is 32.1 Å². The molecule has 1 fully saturated rings. The average molecular weight is 206 g/mol. The maximum Gasteiger partial charge on any atom is 0.324 e. The smallest absolute Gasteiger partial charge is 0.324 e. The van der Waals surface area contributed by atoms with Gasteiger partial charge in [0.05, 0.1) is 5.92 Å². The van der Waals surface area contributed by atoms with Crippen molar-refractivity contribution in [1.82, 2.24) is 9.97 Å². The molecule has 0 spiro atoms. The summed E-state index contributed by atoms with van der Waals surface area (Å²) < 4.78 is 5.09. The molecule has 1 aromatic rings.